The van der Waals surface area contributed by atoms with Gasteiger partial charge >= 0.3 is 6.09 Å². The summed E-state index contributed by atoms with van der Waals surface area (Å²) in [5, 5.41) is 13.2. The van der Waals surface area contributed by atoms with Crippen LogP contribution in [0.2, 0.25) is 0 Å². The van der Waals surface area contributed by atoms with Crippen LogP contribution < -0.4 is 0 Å². The third-order valence-electron chi connectivity index (χ3n) is 4.86. The summed E-state index contributed by atoms with van der Waals surface area (Å²) in [6, 6.07) is 1.83. The Kier molecular flexibility index (Phi) is 4.73. The molecule has 134 valence electrons. The van der Waals surface area contributed by atoms with E-state index >= 15 is 0 Å². The van der Waals surface area contributed by atoms with E-state index in [1.807, 2.05) is 6.07 Å². The molecule has 9 heteroatoms. The first kappa shape index (κ1) is 17.1. The topological polar surface area (TPSA) is 70.8 Å². The number of aromatic nitrogens is 2. The largest absolute Gasteiger partial charge is 0.465 e. The van der Waals surface area contributed by atoms with E-state index in [1.165, 1.54) is 4.90 Å². The minimum atomic E-state index is -2.41. The molecule has 3 heterocycles. The molecule has 1 unspecified atom stereocenters. The molecular formula is C15H22F2N4O3. The number of piperidine rings is 1. The van der Waals surface area contributed by atoms with Gasteiger partial charge in [0.15, 0.2) is 0 Å². The van der Waals surface area contributed by atoms with Crippen LogP contribution in [0.1, 0.15) is 24.6 Å². The molecule has 1 spiro atoms. The summed E-state index contributed by atoms with van der Waals surface area (Å²) in [6.45, 7) is 1.20. The van der Waals surface area contributed by atoms with Crippen LogP contribution in [0.15, 0.2) is 12.3 Å². The van der Waals surface area contributed by atoms with Crippen molar-refractivity contribution in [2.45, 2.75) is 31.0 Å². The number of likely N-dealkylation sites (tertiary alicyclic amines) is 1. The van der Waals surface area contributed by atoms with E-state index in [-0.39, 0.29) is 12.6 Å². The van der Waals surface area contributed by atoms with Gasteiger partial charge < -0.3 is 14.7 Å². The van der Waals surface area contributed by atoms with Gasteiger partial charge in [-0.15, -0.1) is 0 Å². The fraction of sp³-hybridized carbons (Fsp3) is 0.733. The van der Waals surface area contributed by atoms with Crippen molar-refractivity contribution in [2.75, 3.05) is 32.7 Å². The molecule has 1 atom stereocenters. The second kappa shape index (κ2) is 6.64. The van der Waals surface area contributed by atoms with Crippen LogP contribution in [0.3, 0.4) is 0 Å². The van der Waals surface area contributed by atoms with E-state index in [9.17, 15) is 13.6 Å². The number of aryl methyl sites for hydroxylation is 1. The van der Waals surface area contributed by atoms with Crippen LogP contribution in [0.5, 0.6) is 0 Å². The molecule has 3 rings (SSSR count). The van der Waals surface area contributed by atoms with Crippen molar-refractivity contribution in [2.24, 2.45) is 7.05 Å². The summed E-state index contributed by atoms with van der Waals surface area (Å²) in [6.07, 6.45) is -1.04. The number of rotatable bonds is 3. The van der Waals surface area contributed by atoms with Gasteiger partial charge in [0.05, 0.1) is 17.8 Å². The Balaban J connectivity index is 1.78. The number of ether oxygens (including phenoxy) is 1. The zero-order valence-electron chi connectivity index (χ0n) is 13.6. The Morgan fingerprint density at radius 1 is 1.50 bits per heavy atom. The number of amides is 1. The van der Waals surface area contributed by atoms with Gasteiger partial charge in [-0.25, -0.2) is 13.6 Å². The van der Waals surface area contributed by atoms with Gasteiger partial charge in [-0.3, -0.25) is 9.58 Å². The van der Waals surface area contributed by atoms with Gasteiger partial charge in [0, 0.05) is 39.4 Å². The maximum absolute atomic E-state index is 12.9. The molecule has 7 nitrogen and oxygen atoms in total. The van der Waals surface area contributed by atoms with Crippen molar-refractivity contribution >= 4 is 6.09 Å². The maximum Gasteiger partial charge on any atom is 0.407 e. The maximum atomic E-state index is 12.9. The quantitative estimate of drug-likeness (QED) is 0.901. The van der Waals surface area contributed by atoms with E-state index in [2.05, 4.69) is 5.10 Å². The fourth-order valence-corrected chi connectivity index (χ4v) is 3.65. The van der Waals surface area contributed by atoms with Gasteiger partial charge in [0.25, 0.3) is 6.43 Å². The number of carboxylic acid groups (broad SMARTS) is 1. The lowest BCUT2D eigenvalue weighted by Gasteiger charge is -2.49. The standard InChI is InChI=1S/C15H22F2N4O3/c1-19-11(2-5-18-19)12-8-20(9-13(16)17)10-15(24-12)3-6-21(7-4-15)14(22)23/h2,5,12-13H,3-4,6-10H2,1H3,(H,22,23). The Labute approximate surface area is 138 Å². The van der Waals surface area contributed by atoms with Crippen LogP contribution >= 0.6 is 0 Å². The van der Waals surface area contributed by atoms with Crippen LogP contribution in [0.25, 0.3) is 0 Å². The molecule has 0 saturated carbocycles. The molecule has 0 bridgehead atoms. The number of halogens is 2. The highest BCUT2D eigenvalue weighted by Crippen LogP contribution is 2.37. The van der Waals surface area contributed by atoms with Crippen molar-refractivity contribution in [3.8, 4) is 0 Å². The van der Waals surface area contributed by atoms with Gasteiger partial charge in [0.2, 0.25) is 0 Å². The van der Waals surface area contributed by atoms with Crippen LogP contribution in [0, 0.1) is 0 Å². The van der Waals surface area contributed by atoms with Crippen LogP contribution in [0.4, 0.5) is 13.6 Å². The molecule has 1 amide bonds. The minimum absolute atomic E-state index is 0.303. The van der Waals surface area contributed by atoms with Gasteiger partial charge in [-0.2, -0.15) is 5.10 Å². The van der Waals surface area contributed by atoms with Crippen molar-refractivity contribution in [3.05, 3.63) is 18.0 Å². The predicted molar refractivity (Wildman–Crippen MR) is 81.0 cm³/mol. The summed E-state index contributed by atoms with van der Waals surface area (Å²) in [7, 11) is 1.80. The first-order chi connectivity index (χ1) is 11.4. The Hall–Kier alpha value is -1.74. The normalized spacial score (nSPS) is 24.7. The molecule has 0 radical (unpaired) electrons. The minimum Gasteiger partial charge on any atom is -0.465 e. The van der Waals surface area contributed by atoms with Gasteiger partial charge in [0.1, 0.15) is 6.10 Å². The van der Waals surface area contributed by atoms with Gasteiger partial charge in [-0.05, 0) is 18.9 Å². The highest BCUT2D eigenvalue weighted by Gasteiger charge is 2.45. The van der Waals surface area contributed by atoms with Crippen molar-refractivity contribution < 1.29 is 23.4 Å². The summed E-state index contributed by atoms with van der Waals surface area (Å²) in [5.41, 5.74) is 0.252. The first-order valence-corrected chi connectivity index (χ1v) is 8.03. The predicted octanol–water partition coefficient (Wildman–Crippen LogP) is 1.57. The Morgan fingerprint density at radius 3 is 2.75 bits per heavy atom. The number of hydrogen-bond acceptors (Lipinski definition) is 4. The monoisotopic (exact) mass is 344 g/mol. The molecule has 1 aromatic rings. The van der Waals surface area contributed by atoms with Crippen molar-refractivity contribution in [3.63, 3.8) is 0 Å². The van der Waals surface area contributed by atoms with E-state index < -0.39 is 18.1 Å². The smallest absolute Gasteiger partial charge is 0.407 e. The van der Waals surface area contributed by atoms with E-state index in [0.29, 0.717) is 39.0 Å². The first-order valence-electron chi connectivity index (χ1n) is 8.03. The molecule has 0 aromatic carbocycles. The third kappa shape index (κ3) is 3.51. The Bertz CT molecular complexity index is 587. The lowest BCUT2D eigenvalue weighted by atomic mass is 9.88. The molecule has 0 aliphatic carbocycles. The molecule has 2 aliphatic heterocycles. The second-order valence-corrected chi connectivity index (χ2v) is 6.52. The van der Waals surface area contributed by atoms with E-state index in [0.717, 1.165) is 5.69 Å². The van der Waals surface area contributed by atoms with Crippen molar-refractivity contribution in [1.29, 1.82) is 0 Å². The third-order valence-corrected chi connectivity index (χ3v) is 4.86. The Morgan fingerprint density at radius 2 is 2.21 bits per heavy atom. The molecule has 2 fully saturated rings. The van der Waals surface area contributed by atoms with E-state index in [4.69, 9.17) is 9.84 Å². The van der Waals surface area contributed by atoms with Crippen molar-refractivity contribution in [1.82, 2.24) is 19.6 Å². The highest BCUT2D eigenvalue weighted by atomic mass is 19.3. The summed E-state index contributed by atoms with van der Waals surface area (Å²) < 4.78 is 33.8. The number of morpholine rings is 1. The summed E-state index contributed by atoms with van der Waals surface area (Å²) in [5.74, 6) is 0. The number of alkyl halides is 2. The highest BCUT2D eigenvalue weighted by molar-refractivity contribution is 5.65. The lowest BCUT2D eigenvalue weighted by molar-refractivity contribution is -0.182. The molecular weight excluding hydrogens is 322 g/mol. The fourth-order valence-electron chi connectivity index (χ4n) is 3.65. The lowest BCUT2D eigenvalue weighted by Crippen LogP contribution is -2.58. The van der Waals surface area contributed by atoms with Crippen LogP contribution in [-0.2, 0) is 11.8 Å². The SMILES string of the molecule is Cn1nccc1C1CN(CC(F)F)CC2(CCN(C(=O)O)CC2)O1. The summed E-state index contributed by atoms with van der Waals surface area (Å²) >= 11 is 0. The molecule has 1 N–H and O–H groups in total. The zero-order chi connectivity index (χ0) is 17.3. The molecule has 2 saturated heterocycles. The second-order valence-electron chi connectivity index (χ2n) is 6.52. The molecule has 24 heavy (non-hydrogen) atoms. The molecule has 2 aliphatic rings. The number of hydrogen-bond donors (Lipinski definition) is 1. The average molecular weight is 344 g/mol. The average Bonchev–Trinajstić information content (AvgIpc) is 2.92. The number of carbonyl (C=O) groups is 1. The van der Waals surface area contributed by atoms with Crippen LogP contribution in [-0.4, -0.2) is 75.5 Å². The van der Waals surface area contributed by atoms with E-state index in [1.54, 1.807) is 22.8 Å². The number of nitrogens with zero attached hydrogens (tertiary/aromatic N) is 4. The van der Waals surface area contributed by atoms with Gasteiger partial charge in [-0.1, -0.05) is 0 Å². The summed E-state index contributed by atoms with van der Waals surface area (Å²) in [4.78, 5) is 14.2. The molecule has 1 aromatic heterocycles. The zero-order valence-corrected chi connectivity index (χ0v) is 13.6.